The van der Waals surface area contributed by atoms with E-state index in [2.05, 4.69) is 5.10 Å². The first-order chi connectivity index (χ1) is 12.0. The highest BCUT2D eigenvalue weighted by Crippen LogP contribution is 2.23. The lowest BCUT2D eigenvalue weighted by Gasteiger charge is -2.23. The van der Waals surface area contributed by atoms with E-state index in [-0.39, 0.29) is 5.91 Å². The Kier molecular flexibility index (Phi) is 4.70. The van der Waals surface area contributed by atoms with Gasteiger partial charge in [0.05, 0.1) is 12.2 Å². The summed E-state index contributed by atoms with van der Waals surface area (Å²) in [5.41, 5.74) is 5.84. The van der Waals surface area contributed by atoms with Crippen LogP contribution >= 0.6 is 0 Å². The molecule has 1 amide bonds. The molecule has 0 aliphatic heterocycles. The van der Waals surface area contributed by atoms with Gasteiger partial charge in [-0.1, -0.05) is 35.9 Å². The molecule has 0 saturated heterocycles. The number of rotatable bonds is 4. The number of hydrogen-bond acceptors (Lipinski definition) is 2. The highest BCUT2D eigenvalue weighted by atomic mass is 16.2. The summed E-state index contributed by atoms with van der Waals surface area (Å²) < 4.78 is 1.87. The van der Waals surface area contributed by atoms with E-state index in [1.807, 2.05) is 92.0 Å². The molecule has 0 N–H and O–H groups in total. The molecule has 25 heavy (non-hydrogen) atoms. The molecule has 4 heteroatoms. The van der Waals surface area contributed by atoms with Gasteiger partial charge in [0, 0.05) is 29.6 Å². The number of aryl methyl sites for hydroxylation is 3. The van der Waals surface area contributed by atoms with Gasteiger partial charge >= 0.3 is 0 Å². The number of carbonyl (C=O) groups is 1. The Balaban J connectivity index is 2.01. The van der Waals surface area contributed by atoms with E-state index in [9.17, 15) is 4.79 Å². The molecule has 1 aromatic heterocycles. The van der Waals surface area contributed by atoms with Crippen LogP contribution in [0.2, 0.25) is 0 Å². The average molecular weight is 333 g/mol. The normalized spacial score (nSPS) is 10.7. The van der Waals surface area contributed by atoms with Crippen molar-refractivity contribution in [1.82, 2.24) is 9.78 Å². The van der Waals surface area contributed by atoms with E-state index < -0.39 is 0 Å². The molecule has 0 atom stereocenters. The minimum Gasteiger partial charge on any atom is -0.304 e. The summed E-state index contributed by atoms with van der Waals surface area (Å²) in [6.07, 6.45) is 0. The molecule has 0 aliphatic rings. The molecule has 4 nitrogen and oxygen atoms in total. The maximum atomic E-state index is 13.2. The molecule has 3 aromatic rings. The molecular weight excluding hydrogens is 310 g/mol. The Morgan fingerprint density at radius 1 is 1.00 bits per heavy atom. The molecule has 0 spiro atoms. The summed E-state index contributed by atoms with van der Waals surface area (Å²) in [5.74, 6) is -0.00569. The van der Waals surface area contributed by atoms with Crippen molar-refractivity contribution in [3.8, 4) is 0 Å². The van der Waals surface area contributed by atoms with Crippen molar-refractivity contribution in [2.45, 2.75) is 27.3 Å². The van der Waals surface area contributed by atoms with Crippen molar-refractivity contribution < 1.29 is 4.79 Å². The molecule has 2 aromatic carbocycles. The number of para-hydroxylation sites is 1. The Morgan fingerprint density at radius 3 is 2.20 bits per heavy atom. The smallest absolute Gasteiger partial charge is 0.258 e. The third kappa shape index (κ3) is 3.48. The summed E-state index contributed by atoms with van der Waals surface area (Å²) in [5, 5.41) is 4.48. The van der Waals surface area contributed by atoms with Gasteiger partial charge in [0.2, 0.25) is 0 Å². The second-order valence-corrected chi connectivity index (χ2v) is 6.37. The SMILES string of the molecule is Cc1ccc(C(=O)N(Cc2c(C)nn(C)c2C)c2ccccc2)cc1. The van der Waals surface area contributed by atoms with Gasteiger partial charge in [-0.25, -0.2) is 0 Å². The third-order valence-electron chi connectivity index (χ3n) is 4.59. The van der Waals surface area contributed by atoms with Crippen molar-refractivity contribution in [3.63, 3.8) is 0 Å². The van der Waals surface area contributed by atoms with Crippen molar-refractivity contribution in [2.24, 2.45) is 7.05 Å². The van der Waals surface area contributed by atoms with Gasteiger partial charge < -0.3 is 4.90 Å². The first-order valence-corrected chi connectivity index (χ1v) is 8.40. The van der Waals surface area contributed by atoms with Crippen LogP contribution in [0.25, 0.3) is 0 Å². The summed E-state index contributed by atoms with van der Waals surface area (Å²) in [6, 6.07) is 17.5. The molecule has 1 heterocycles. The summed E-state index contributed by atoms with van der Waals surface area (Å²) in [4.78, 5) is 15.0. The zero-order valence-electron chi connectivity index (χ0n) is 15.2. The van der Waals surface area contributed by atoms with Crippen LogP contribution in [0.4, 0.5) is 5.69 Å². The van der Waals surface area contributed by atoms with Crippen LogP contribution in [0.5, 0.6) is 0 Å². The second kappa shape index (κ2) is 6.93. The fourth-order valence-corrected chi connectivity index (χ4v) is 2.94. The zero-order chi connectivity index (χ0) is 18.0. The number of hydrogen-bond donors (Lipinski definition) is 0. The third-order valence-corrected chi connectivity index (χ3v) is 4.59. The highest BCUT2D eigenvalue weighted by molar-refractivity contribution is 6.06. The molecule has 0 saturated carbocycles. The lowest BCUT2D eigenvalue weighted by atomic mass is 10.1. The number of amides is 1. The Morgan fingerprint density at radius 2 is 1.64 bits per heavy atom. The molecule has 128 valence electrons. The largest absolute Gasteiger partial charge is 0.304 e. The lowest BCUT2D eigenvalue weighted by Crippen LogP contribution is -2.30. The molecule has 3 rings (SSSR count). The second-order valence-electron chi connectivity index (χ2n) is 6.37. The van der Waals surface area contributed by atoms with Crippen molar-refractivity contribution in [2.75, 3.05) is 4.90 Å². The maximum Gasteiger partial charge on any atom is 0.258 e. The van der Waals surface area contributed by atoms with E-state index in [1.165, 1.54) is 0 Å². The van der Waals surface area contributed by atoms with Crippen LogP contribution in [0.15, 0.2) is 54.6 Å². The zero-order valence-corrected chi connectivity index (χ0v) is 15.2. The van der Waals surface area contributed by atoms with Gasteiger partial charge in [-0.3, -0.25) is 9.48 Å². The molecule has 0 radical (unpaired) electrons. The van der Waals surface area contributed by atoms with E-state index >= 15 is 0 Å². The van der Waals surface area contributed by atoms with Crippen molar-refractivity contribution >= 4 is 11.6 Å². The number of nitrogens with zero attached hydrogens (tertiary/aromatic N) is 3. The van der Waals surface area contributed by atoms with E-state index in [1.54, 1.807) is 0 Å². The fourth-order valence-electron chi connectivity index (χ4n) is 2.94. The Bertz CT molecular complexity index is 880. The number of aromatic nitrogens is 2. The predicted octanol–water partition coefficient (Wildman–Crippen LogP) is 4.19. The minimum absolute atomic E-state index is 0.00569. The van der Waals surface area contributed by atoms with Gasteiger partial charge in [-0.2, -0.15) is 5.10 Å². The van der Waals surface area contributed by atoms with Gasteiger partial charge in [-0.15, -0.1) is 0 Å². The lowest BCUT2D eigenvalue weighted by molar-refractivity contribution is 0.0985. The first-order valence-electron chi connectivity index (χ1n) is 8.40. The average Bonchev–Trinajstić information content (AvgIpc) is 2.86. The highest BCUT2D eigenvalue weighted by Gasteiger charge is 2.21. The fraction of sp³-hybridized carbons (Fsp3) is 0.238. The van der Waals surface area contributed by atoms with Crippen molar-refractivity contribution in [3.05, 3.63) is 82.7 Å². The summed E-state index contributed by atoms with van der Waals surface area (Å²) in [6.45, 7) is 6.55. The van der Waals surface area contributed by atoms with E-state index in [0.717, 1.165) is 28.2 Å². The monoisotopic (exact) mass is 333 g/mol. The molecule has 0 fully saturated rings. The van der Waals surface area contributed by atoms with Gasteiger partial charge in [0.25, 0.3) is 5.91 Å². The molecule has 0 aliphatic carbocycles. The van der Waals surface area contributed by atoms with E-state index in [0.29, 0.717) is 12.1 Å². The number of benzene rings is 2. The van der Waals surface area contributed by atoms with Crippen LogP contribution in [0, 0.1) is 20.8 Å². The summed E-state index contributed by atoms with van der Waals surface area (Å²) in [7, 11) is 1.93. The number of anilines is 1. The van der Waals surface area contributed by atoms with Crippen LogP contribution in [0.3, 0.4) is 0 Å². The van der Waals surface area contributed by atoms with Gasteiger partial charge in [0.1, 0.15) is 0 Å². The van der Waals surface area contributed by atoms with Crippen molar-refractivity contribution in [1.29, 1.82) is 0 Å². The quantitative estimate of drug-likeness (QED) is 0.718. The first kappa shape index (κ1) is 17.0. The summed E-state index contributed by atoms with van der Waals surface area (Å²) >= 11 is 0. The maximum absolute atomic E-state index is 13.2. The van der Waals surface area contributed by atoms with Crippen LogP contribution in [-0.2, 0) is 13.6 Å². The van der Waals surface area contributed by atoms with Gasteiger partial charge in [0.15, 0.2) is 0 Å². The molecule has 0 unspecified atom stereocenters. The van der Waals surface area contributed by atoms with Crippen LogP contribution in [0.1, 0.15) is 32.9 Å². The molecular formula is C21H23N3O. The number of carbonyl (C=O) groups excluding carboxylic acids is 1. The Hall–Kier alpha value is -2.88. The minimum atomic E-state index is -0.00569. The van der Waals surface area contributed by atoms with Crippen LogP contribution < -0.4 is 4.90 Å². The Labute approximate surface area is 148 Å². The standard InChI is InChI=1S/C21H23N3O/c1-15-10-12-18(13-11-15)21(25)24(19-8-6-5-7-9-19)14-20-16(2)22-23(4)17(20)3/h5-13H,14H2,1-4H3. The predicted molar refractivity (Wildman–Crippen MR) is 101 cm³/mol. The topological polar surface area (TPSA) is 38.1 Å². The van der Waals surface area contributed by atoms with Crippen LogP contribution in [-0.4, -0.2) is 15.7 Å². The molecule has 0 bridgehead atoms. The van der Waals surface area contributed by atoms with Gasteiger partial charge in [-0.05, 0) is 45.0 Å². The van der Waals surface area contributed by atoms with E-state index in [4.69, 9.17) is 0 Å².